The molecule has 1 aliphatic heterocycles. The maximum absolute atomic E-state index is 13.4. The Kier molecular flexibility index (Phi) is 5.78. The molecule has 0 bridgehead atoms. The minimum absolute atomic E-state index is 0.0728. The zero-order valence-electron chi connectivity index (χ0n) is 17.0. The number of rotatable bonds is 4. The van der Waals surface area contributed by atoms with Crippen LogP contribution in [-0.4, -0.2) is 46.0 Å². The van der Waals surface area contributed by atoms with Crippen molar-refractivity contribution in [3.05, 3.63) is 35.4 Å². The number of benzene rings is 1. The van der Waals surface area contributed by atoms with E-state index in [2.05, 4.69) is 31.2 Å². The van der Waals surface area contributed by atoms with E-state index in [9.17, 15) is 9.59 Å². The Morgan fingerprint density at radius 1 is 1.11 bits per heavy atom. The molecule has 0 unspecified atom stereocenters. The molecule has 0 radical (unpaired) electrons. The van der Waals surface area contributed by atoms with Gasteiger partial charge in [-0.1, -0.05) is 29.8 Å². The lowest BCUT2D eigenvalue weighted by Gasteiger charge is -2.38. The van der Waals surface area contributed by atoms with Crippen molar-refractivity contribution in [3.8, 4) is 0 Å². The Labute approximate surface area is 162 Å². The first-order valence-corrected chi connectivity index (χ1v) is 10.1. The summed E-state index contributed by atoms with van der Waals surface area (Å²) >= 11 is 0. The third-order valence-corrected chi connectivity index (χ3v) is 5.16. The van der Waals surface area contributed by atoms with Gasteiger partial charge in [0.15, 0.2) is 0 Å². The molecule has 1 aromatic carbocycles. The van der Waals surface area contributed by atoms with E-state index in [1.165, 1.54) is 5.56 Å². The Morgan fingerprint density at radius 2 is 1.78 bits per heavy atom. The highest BCUT2D eigenvalue weighted by Gasteiger charge is 2.41. The number of carbonyl (C=O) groups is 2. The van der Waals surface area contributed by atoms with Crippen molar-refractivity contribution >= 4 is 12.0 Å². The summed E-state index contributed by atoms with van der Waals surface area (Å²) in [5.41, 5.74) is 1.80. The minimum Gasteiger partial charge on any atom is -0.444 e. The SMILES string of the molecule is Cc1ccc(CN(C(=O)[C@H]2CCCCN2C(=O)OC(C)(C)C)C2CC2)cc1. The standard InChI is InChI=1S/C22H32N2O3/c1-16-8-10-17(11-9-16)15-24(18-12-13-18)20(25)19-7-5-6-14-23(19)21(26)27-22(2,3)4/h8-11,18-19H,5-7,12-15H2,1-4H3/t19-/m1/s1. The Morgan fingerprint density at radius 3 is 2.37 bits per heavy atom. The first kappa shape index (κ1) is 19.7. The highest BCUT2D eigenvalue weighted by Crippen LogP contribution is 2.31. The number of nitrogens with zero attached hydrogens (tertiary/aromatic N) is 2. The predicted octanol–water partition coefficient (Wildman–Crippen LogP) is 4.28. The summed E-state index contributed by atoms with van der Waals surface area (Å²) < 4.78 is 5.56. The number of likely N-dealkylation sites (tertiary alicyclic amines) is 1. The summed E-state index contributed by atoms with van der Waals surface area (Å²) in [6, 6.07) is 8.24. The molecule has 1 aromatic rings. The summed E-state index contributed by atoms with van der Waals surface area (Å²) in [5, 5.41) is 0. The van der Waals surface area contributed by atoms with Crippen molar-refractivity contribution in [3.63, 3.8) is 0 Å². The fraction of sp³-hybridized carbons (Fsp3) is 0.636. The summed E-state index contributed by atoms with van der Waals surface area (Å²) in [7, 11) is 0. The van der Waals surface area contributed by atoms with Gasteiger partial charge in [0.25, 0.3) is 0 Å². The second-order valence-electron chi connectivity index (χ2n) is 8.87. The Balaban J connectivity index is 1.74. The van der Waals surface area contributed by atoms with Gasteiger partial charge in [-0.15, -0.1) is 0 Å². The van der Waals surface area contributed by atoms with E-state index in [0.29, 0.717) is 19.1 Å². The van der Waals surface area contributed by atoms with Crippen molar-refractivity contribution < 1.29 is 14.3 Å². The van der Waals surface area contributed by atoms with Crippen molar-refractivity contribution in [2.24, 2.45) is 0 Å². The molecular weight excluding hydrogens is 340 g/mol. The van der Waals surface area contributed by atoms with E-state index in [1.807, 2.05) is 25.7 Å². The number of hydrogen-bond acceptors (Lipinski definition) is 3. The lowest BCUT2D eigenvalue weighted by atomic mass is 10.0. The van der Waals surface area contributed by atoms with Gasteiger partial charge in [0.2, 0.25) is 5.91 Å². The van der Waals surface area contributed by atoms with Crippen molar-refractivity contribution in [2.75, 3.05) is 6.54 Å². The lowest BCUT2D eigenvalue weighted by Crippen LogP contribution is -2.54. The Bertz CT molecular complexity index is 674. The normalized spacial score (nSPS) is 20.3. The number of piperidine rings is 1. The van der Waals surface area contributed by atoms with E-state index in [1.54, 1.807) is 4.90 Å². The monoisotopic (exact) mass is 372 g/mol. The van der Waals surface area contributed by atoms with Gasteiger partial charge < -0.3 is 9.64 Å². The minimum atomic E-state index is -0.555. The van der Waals surface area contributed by atoms with Crippen LogP contribution >= 0.6 is 0 Å². The molecule has 148 valence electrons. The molecule has 5 nitrogen and oxygen atoms in total. The van der Waals surface area contributed by atoms with Crippen LogP contribution in [0.1, 0.15) is 64.0 Å². The van der Waals surface area contributed by atoms with Gasteiger partial charge >= 0.3 is 6.09 Å². The van der Waals surface area contributed by atoms with Crippen LogP contribution in [0.2, 0.25) is 0 Å². The molecule has 1 saturated heterocycles. The van der Waals surface area contributed by atoms with Crippen molar-refractivity contribution in [1.82, 2.24) is 9.80 Å². The number of ether oxygens (including phenoxy) is 1. The lowest BCUT2D eigenvalue weighted by molar-refractivity contribution is -0.139. The molecule has 1 atom stereocenters. The second kappa shape index (κ2) is 7.91. The fourth-order valence-corrected chi connectivity index (χ4v) is 3.58. The molecule has 1 aliphatic carbocycles. The molecule has 5 heteroatoms. The van der Waals surface area contributed by atoms with E-state index < -0.39 is 11.6 Å². The zero-order valence-corrected chi connectivity index (χ0v) is 17.0. The smallest absolute Gasteiger partial charge is 0.410 e. The molecule has 2 fully saturated rings. The van der Waals surface area contributed by atoms with Crippen LogP contribution in [-0.2, 0) is 16.1 Å². The average molecular weight is 373 g/mol. The summed E-state index contributed by atoms with van der Waals surface area (Å²) in [6.07, 6.45) is 4.35. The van der Waals surface area contributed by atoms with Crippen LogP contribution in [0.3, 0.4) is 0 Å². The van der Waals surface area contributed by atoms with Crippen LogP contribution in [0.5, 0.6) is 0 Å². The van der Waals surface area contributed by atoms with Crippen molar-refractivity contribution in [1.29, 1.82) is 0 Å². The summed E-state index contributed by atoms with van der Waals surface area (Å²) in [5.74, 6) is 0.0728. The van der Waals surface area contributed by atoms with E-state index in [-0.39, 0.29) is 12.0 Å². The van der Waals surface area contributed by atoms with Crippen LogP contribution in [0.4, 0.5) is 4.79 Å². The summed E-state index contributed by atoms with van der Waals surface area (Å²) in [4.78, 5) is 29.7. The van der Waals surface area contributed by atoms with Gasteiger partial charge in [0, 0.05) is 19.1 Å². The number of carbonyl (C=O) groups excluding carboxylic acids is 2. The van der Waals surface area contributed by atoms with Gasteiger partial charge in [-0.25, -0.2) is 4.79 Å². The quantitative estimate of drug-likeness (QED) is 0.793. The van der Waals surface area contributed by atoms with E-state index in [0.717, 1.165) is 37.7 Å². The molecule has 2 aliphatic rings. The van der Waals surface area contributed by atoms with Crippen LogP contribution in [0.15, 0.2) is 24.3 Å². The van der Waals surface area contributed by atoms with Gasteiger partial charge in [0.1, 0.15) is 11.6 Å². The number of hydrogen-bond donors (Lipinski definition) is 0. The third kappa shape index (κ3) is 5.24. The molecule has 27 heavy (non-hydrogen) atoms. The summed E-state index contributed by atoms with van der Waals surface area (Å²) in [6.45, 7) is 8.85. The topological polar surface area (TPSA) is 49.9 Å². The average Bonchev–Trinajstić information content (AvgIpc) is 3.44. The molecule has 0 aromatic heterocycles. The van der Waals surface area contributed by atoms with Gasteiger partial charge in [-0.3, -0.25) is 9.69 Å². The highest BCUT2D eigenvalue weighted by molar-refractivity contribution is 5.86. The first-order chi connectivity index (χ1) is 12.7. The molecule has 2 amide bonds. The van der Waals surface area contributed by atoms with Crippen LogP contribution < -0.4 is 0 Å². The van der Waals surface area contributed by atoms with E-state index in [4.69, 9.17) is 4.74 Å². The first-order valence-electron chi connectivity index (χ1n) is 10.1. The largest absolute Gasteiger partial charge is 0.444 e. The molecular formula is C22H32N2O3. The molecule has 1 saturated carbocycles. The van der Waals surface area contributed by atoms with Crippen molar-refractivity contribution in [2.45, 2.75) is 84.0 Å². The van der Waals surface area contributed by atoms with Crippen LogP contribution in [0.25, 0.3) is 0 Å². The maximum Gasteiger partial charge on any atom is 0.410 e. The van der Waals surface area contributed by atoms with E-state index >= 15 is 0 Å². The van der Waals surface area contributed by atoms with Gasteiger partial charge in [-0.05, 0) is 65.4 Å². The predicted molar refractivity (Wildman–Crippen MR) is 105 cm³/mol. The highest BCUT2D eigenvalue weighted by atomic mass is 16.6. The van der Waals surface area contributed by atoms with Gasteiger partial charge in [-0.2, -0.15) is 0 Å². The zero-order chi connectivity index (χ0) is 19.6. The third-order valence-electron chi connectivity index (χ3n) is 5.16. The fourth-order valence-electron chi connectivity index (χ4n) is 3.58. The number of amides is 2. The molecule has 0 N–H and O–H groups in total. The second-order valence-corrected chi connectivity index (χ2v) is 8.87. The van der Waals surface area contributed by atoms with Gasteiger partial charge in [0.05, 0.1) is 0 Å². The molecule has 1 heterocycles. The Hall–Kier alpha value is -2.04. The molecule has 0 spiro atoms. The maximum atomic E-state index is 13.4. The molecule has 3 rings (SSSR count). The number of aryl methyl sites for hydroxylation is 1. The van der Waals surface area contributed by atoms with Crippen LogP contribution in [0, 0.1) is 6.92 Å².